The first kappa shape index (κ1) is 11.0. The van der Waals surface area contributed by atoms with Gasteiger partial charge in [0.25, 0.3) is 0 Å². The topological polar surface area (TPSA) is 76.4 Å². The van der Waals surface area contributed by atoms with Crippen LogP contribution in [0.2, 0.25) is 0 Å². The molecule has 1 unspecified atom stereocenters. The molecule has 3 N–H and O–H groups in total. The largest absolute Gasteiger partial charge is 0.370 e. The summed E-state index contributed by atoms with van der Waals surface area (Å²) in [7, 11) is 0. The van der Waals surface area contributed by atoms with E-state index in [1.165, 1.54) is 0 Å². The lowest BCUT2D eigenvalue weighted by molar-refractivity contribution is 0.391. The maximum Gasteiger partial charge on any atom is 0.189 e. The number of aliphatic imine (C=N–C) groups is 1. The molecule has 1 aliphatic rings. The van der Waals surface area contributed by atoms with E-state index in [1.54, 1.807) is 0 Å². The maximum absolute atomic E-state index is 5.81. The molecule has 2 rings (SSSR count). The Morgan fingerprint density at radius 1 is 1.56 bits per heavy atom. The molecule has 0 amide bonds. The molecule has 0 saturated heterocycles. The Morgan fingerprint density at radius 3 is 2.75 bits per heavy atom. The Morgan fingerprint density at radius 2 is 2.25 bits per heavy atom. The van der Waals surface area contributed by atoms with Gasteiger partial charge >= 0.3 is 0 Å². The van der Waals surface area contributed by atoms with Crippen molar-refractivity contribution in [1.82, 2.24) is 10.5 Å². The molecular weight excluding hydrogens is 204 g/mol. The monoisotopic (exact) mass is 222 g/mol. The fraction of sp³-hybridized carbons (Fsp3) is 0.636. The van der Waals surface area contributed by atoms with E-state index in [-0.39, 0.29) is 6.04 Å². The molecule has 1 aromatic heterocycles. The predicted molar refractivity (Wildman–Crippen MR) is 62.2 cm³/mol. The van der Waals surface area contributed by atoms with Crippen LogP contribution in [0, 0.1) is 13.8 Å². The first-order valence-corrected chi connectivity index (χ1v) is 5.60. The van der Waals surface area contributed by atoms with Gasteiger partial charge in [-0.2, -0.15) is 0 Å². The van der Waals surface area contributed by atoms with E-state index in [0.717, 1.165) is 29.9 Å². The zero-order valence-corrected chi connectivity index (χ0v) is 9.95. The normalized spacial score (nSPS) is 18.6. The quantitative estimate of drug-likeness (QED) is 0.599. The number of aryl methyl sites for hydroxylation is 2. The zero-order chi connectivity index (χ0) is 11.7. The van der Waals surface area contributed by atoms with Crippen LogP contribution in [0.5, 0.6) is 0 Å². The molecule has 0 aromatic carbocycles. The summed E-state index contributed by atoms with van der Waals surface area (Å²) < 4.78 is 5.12. The van der Waals surface area contributed by atoms with Gasteiger partial charge in [0.05, 0.1) is 17.8 Å². The van der Waals surface area contributed by atoms with Gasteiger partial charge in [-0.1, -0.05) is 5.16 Å². The second-order valence-corrected chi connectivity index (χ2v) is 4.35. The van der Waals surface area contributed by atoms with Crippen molar-refractivity contribution in [3.8, 4) is 0 Å². The fourth-order valence-electron chi connectivity index (χ4n) is 1.84. The molecule has 1 atom stereocenters. The van der Waals surface area contributed by atoms with Crippen LogP contribution in [-0.2, 0) is 0 Å². The van der Waals surface area contributed by atoms with Crippen LogP contribution in [0.3, 0.4) is 0 Å². The predicted octanol–water partition coefficient (Wildman–Crippen LogP) is 1.42. The first-order valence-electron chi connectivity index (χ1n) is 5.60. The number of hydrogen-bond acceptors (Lipinski definition) is 3. The molecule has 1 fully saturated rings. The van der Waals surface area contributed by atoms with Crippen molar-refractivity contribution in [3.05, 3.63) is 17.0 Å². The summed E-state index contributed by atoms with van der Waals surface area (Å²) in [5.41, 5.74) is 7.77. The summed E-state index contributed by atoms with van der Waals surface area (Å²) in [6, 6.07) is 0.512. The smallest absolute Gasteiger partial charge is 0.189 e. The average Bonchev–Trinajstić information content (AvgIpc) is 2.92. The Kier molecular flexibility index (Phi) is 2.85. The number of nitrogens with zero attached hydrogens (tertiary/aromatic N) is 2. The molecule has 1 saturated carbocycles. The van der Waals surface area contributed by atoms with Crippen LogP contribution in [0.15, 0.2) is 9.52 Å². The van der Waals surface area contributed by atoms with Crippen LogP contribution in [0.4, 0.5) is 0 Å². The lowest BCUT2D eigenvalue weighted by atomic mass is 10.1. The highest BCUT2D eigenvalue weighted by molar-refractivity contribution is 5.78. The van der Waals surface area contributed by atoms with E-state index in [4.69, 9.17) is 10.3 Å². The van der Waals surface area contributed by atoms with Gasteiger partial charge < -0.3 is 15.6 Å². The van der Waals surface area contributed by atoms with Crippen LogP contribution < -0.4 is 11.1 Å². The summed E-state index contributed by atoms with van der Waals surface area (Å²) in [6.07, 6.45) is 2.31. The minimum Gasteiger partial charge on any atom is -0.370 e. The number of nitrogens with two attached hydrogens (primary N) is 1. The Labute approximate surface area is 95.1 Å². The van der Waals surface area contributed by atoms with Crippen LogP contribution >= 0.6 is 0 Å². The van der Waals surface area contributed by atoms with Crippen molar-refractivity contribution in [2.75, 3.05) is 0 Å². The second-order valence-electron chi connectivity index (χ2n) is 4.35. The molecule has 0 spiro atoms. The number of aromatic nitrogens is 1. The van der Waals surface area contributed by atoms with Gasteiger partial charge in [0.2, 0.25) is 0 Å². The molecule has 1 heterocycles. The van der Waals surface area contributed by atoms with E-state index in [0.29, 0.717) is 12.0 Å². The summed E-state index contributed by atoms with van der Waals surface area (Å²) in [4.78, 5) is 4.33. The Bertz CT molecular complexity index is 387. The number of guanidine groups is 1. The molecule has 16 heavy (non-hydrogen) atoms. The lowest BCUT2D eigenvalue weighted by Gasteiger charge is -2.14. The van der Waals surface area contributed by atoms with E-state index in [2.05, 4.69) is 15.5 Å². The number of nitrogens with one attached hydrogen (secondary N) is 1. The Hall–Kier alpha value is -1.52. The summed E-state index contributed by atoms with van der Waals surface area (Å²) in [5, 5.41) is 7.09. The van der Waals surface area contributed by atoms with Gasteiger partial charge in [0.1, 0.15) is 5.76 Å². The highest BCUT2D eigenvalue weighted by Crippen LogP contribution is 2.24. The van der Waals surface area contributed by atoms with Gasteiger partial charge in [-0.25, -0.2) is 0 Å². The summed E-state index contributed by atoms with van der Waals surface area (Å²) in [6.45, 7) is 5.86. The highest BCUT2D eigenvalue weighted by atomic mass is 16.5. The molecule has 0 radical (unpaired) electrons. The molecule has 0 aliphatic heterocycles. The minimum absolute atomic E-state index is 0.0775. The van der Waals surface area contributed by atoms with E-state index in [9.17, 15) is 0 Å². The van der Waals surface area contributed by atoms with Crippen molar-refractivity contribution in [1.29, 1.82) is 0 Å². The van der Waals surface area contributed by atoms with Crippen molar-refractivity contribution in [2.24, 2.45) is 10.7 Å². The van der Waals surface area contributed by atoms with Crippen molar-refractivity contribution in [2.45, 2.75) is 45.7 Å². The lowest BCUT2D eigenvalue weighted by Crippen LogP contribution is -2.34. The minimum atomic E-state index is 0.0775. The fourth-order valence-corrected chi connectivity index (χ4v) is 1.84. The maximum atomic E-state index is 5.81. The van der Waals surface area contributed by atoms with Gasteiger partial charge in [0.15, 0.2) is 5.96 Å². The molecule has 1 aromatic rings. The number of hydrogen-bond donors (Lipinski definition) is 2. The van der Waals surface area contributed by atoms with E-state index >= 15 is 0 Å². The van der Waals surface area contributed by atoms with Gasteiger partial charge in [-0.3, -0.25) is 4.99 Å². The molecule has 5 heteroatoms. The second kappa shape index (κ2) is 4.15. The van der Waals surface area contributed by atoms with Crippen LogP contribution in [0.1, 0.15) is 42.8 Å². The zero-order valence-electron chi connectivity index (χ0n) is 9.95. The van der Waals surface area contributed by atoms with Crippen LogP contribution in [-0.4, -0.2) is 17.2 Å². The molecular formula is C11H18N4O. The van der Waals surface area contributed by atoms with E-state index in [1.807, 2.05) is 20.8 Å². The van der Waals surface area contributed by atoms with Gasteiger partial charge in [0, 0.05) is 5.56 Å². The molecule has 5 nitrogen and oxygen atoms in total. The third kappa shape index (κ3) is 2.35. The van der Waals surface area contributed by atoms with Gasteiger partial charge in [-0.15, -0.1) is 0 Å². The summed E-state index contributed by atoms with van der Waals surface area (Å²) >= 11 is 0. The molecule has 0 bridgehead atoms. The van der Waals surface area contributed by atoms with Crippen LogP contribution in [0.25, 0.3) is 0 Å². The third-order valence-corrected chi connectivity index (χ3v) is 2.75. The van der Waals surface area contributed by atoms with E-state index < -0.39 is 0 Å². The first-order chi connectivity index (χ1) is 7.58. The Balaban J connectivity index is 2.04. The van der Waals surface area contributed by atoms with Gasteiger partial charge in [-0.05, 0) is 33.6 Å². The number of rotatable bonds is 3. The standard InChI is InChI=1S/C11H18N4O/c1-6(10-7(2)15-16-8(10)3)13-11(12)14-9-4-5-9/h6,9H,4-5H2,1-3H3,(H3,12,13,14). The average molecular weight is 222 g/mol. The highest BCUT2D eigenvalue weighted by Gasteiger charge is 2.22. The molecule has 88 valence electrons. The van der Waals surface area contributed by atoms with Crippen molar-refractivity contribution in [3.63, 3.8) is 0 Å². The molecule has 1 aliphatic carbocycles. The summed E-state index contributed by atoms with van der Waals surface area (Å²) in [5.74, 6) is 1.34. The SMILES string of the molecule is Cc1noc(C)c1C(C)NC(N)=NC1CC1. The van der Waals surface area contributed by atoms with Crippen molar-refractivity contribution >= 4 is 5.96 Å². The third-order valence-electron chi connectivity index (χ3n) is 2.75. The van der Waals surface area contributed by atoms with Crippen molar-refractivity contribution < 1.29 is 4.52 Å².